The number of carbonyl (C=O) groups excluding carboxylic acids is 1. The summed E-state index contributed by atoms with van der Waals surface area (Å²) in [6.07, 6.45) is 2.89. The molecule has 11 heavy (non-hydrogen) atoms. The van der Waals surface area contributed by atoms with E-state index in [2.05, 4.69) is 6.92 Å². The Balaban J connectivity index is 0. The predicted octanol–water partition coefficient (Wildman–Crippen LogP) is 0.659. The maximum absolute atomic E-state index is 11.0. The van der Waals surface area contributed by atoms with E-state index in [0.29, 0.717) is 12.3 Å². The molecule has 0 N–H and O–H groups in total. The molecule has 0 saturated carbocycles. The van der Waals surface area contributed by atoms with Gasteiger partial charge in [-0.15, -0.1) is 0 Å². The Morgan fingerprint density at radius 1 is 1.36 bits per heavy atom. The first-order chi connectivity index (χ1) is 4.66. The van der Waals surface area contributed by atoms with Gasteiger partial charge >= 0.3 is 29.6 Å². The second-order valence-electron chi connectivity index (χ2n) is 2.88. The number of hydrogen-bond acceptors (Lipinski definition) is 2. The fourth-order valence-corrected chi connectivity index (χ4v) is 0.806. The molecule has 0 fully saturated rings. The number of rotatable bonds is 5. The van der Waals surface area contributed by atoms with Crippen molar-refractivity contribution >= 4 is 35.3 Å². The monoisotopic (exact) mass is 167 g/mol. The topological polar surface area (TPSA) is 20.3 Å². The summed E-state index contributed by atoms with van der Waals surface area (Å²) in [5.41, 5.74) is 0. The fraction of sp³-hybridized carbons (Fsp3) is 0.875. The van der Waals surface area contributed by atoms with E-state index in [1.807, 2.05) is 19.0 Å². The Kier molecular flexibility index (Phi) is 11.2. The van der Waals surface area contributed by atoms with Gasteiger partial charge in [0.05, 0.1) is 6.54 Å². The molecule has 0 aliphatic carbocycles. The van der Waals surface area contributed by atoms with Gasteiger partial charge in [-0.2, -0.15) is 0 Å². The zero-order chi connectivity index (χ0) is 7.98. The Labute approximate surface area is 91.6 Å². The molecule has 0 aromatic carbocycles. The van der Waals surface area contributed by atoms with Crippen LogP contribution in [0.3, 0.4) is 0 Å². The average molecular weight is 167 g/mol. The van der Waals surface area contributed by atoms with Crippen molar-refractivity contribution in [1.29, 1.82) is 0 Å². The number of nitrogens with zero attached hydrogens (tertiary/aromatic N) is 1. The average Bonchev–Trinajstić information content (AvgIpc) is 1.82. The first-order valence-electron chi connectivity index (χ1n) is 3.83. The molecule has 0 heterocycles. The molecular weight excluding hydrogens is 149 g/mol. The standard InChI is InChI=1S/C8H17NO.Na.H/c1-4-5-6-8(10)7-9(2)3;;/h4-7H2,1-3H3;;. The minimum absolute atomic E-state index is 0. The molecule has 0 spiro atoms. The Morgan fingerprint density at radius 2 is 1.91 bits per heavy atom. The normalized spacial score (nSPS) is 9.45. The van der Waals surface area contributed by atoms with Crippen LogP contribution < -0.4 is 0 Å². The van der Waals surface area contributed by atoms with Gasteiger partial charge in [-0.05, 0) is 20.5 Å². The number of likely N-dealkylation sites (N-methyl/N-ethyl adjacent to an activating group) is 1. The van der Waals surface area contributed by atoms with Gasteiger partial charge in [0.2, 0.25) is 0 Å². The maximum atomic E-state index is 11.0. The SMILES string of the molecule is CCCCC(=O)CN(C)C.[NaH]. The zero-order valence-corrected chi connectivity index (χ0v) is 7.18. The van der Waals surface area contributed by atoms with E-state index in [9.17, 15) is 4.79 Å². The van der Waals surface area contributed by atoms with Gasteiger partial charge in [-0.25, -0.2) is 0 Å². The molecule has 3 heteroatoms. The molecule has 0 rings (SSSR count). The van der Waals surface area contributed by atoms with Crippen molar-refractivity contribution in [2.45, 2.75) is 26.2 Å². The second-order valence-corrected chi connectivity index (χ2v) is 2.88. The van der Waals surface area contributed by atoms with Crippen LogP contribution >= 0.6 is 0 Å². The van der Waals surface area contributed by atoms with E-state index in [-0.39, 0.29) is 29.6 Å². The van der Waals surface area contributed by atoms with Crippen LogP contribution in [0.15, 0.2) is 0 Å². The predicted molar refractivity (Wildman–Crippen MR) is 50.2 cm³/mol. The molecule has 0 saturated heterocycles. The van der Waals surface area contributed by atoms with Crippen LogP contribution in [0.1, 0.15) is 26.2 Å². The molecule has 0 aromatic heterocycles. The van der Waals surface area contributed by atoms with E-state index in [0.717, 1.165) is 19.3 Å². The van der Waals surface area contributed by atoms with Gasteiger partial charge < -0.3 is 4.90 Å². The Hall–Kier alpha value is 0.630. The van der Waals surface area contributed by atoms with Crippen LogP contribution in [0, 0.1) is 0 Å². The summed E-state index contributed by atoms with van der Waals surface area (Å²) < 4.78 is 0. The molecule has 0 radical (unpaired) electrons. The van der Waals surface area contributed by atoms with Crippen LogP contribution in [-0.4, -0.2) is 60.9 Å². The molecule has 62 valence electrons. The van der Waals surface area contributed by atoms with Crippen molar-refractivity contribution in [3.63, 3.8) is 0 Å². The van der Waals surface area contributed by atoms with Gasteiger partial charge in [0, 0.05) is 6.42 Å². The summed E-state index contributed by atoms with van der Waals surface area (Å²) in [4.78, 5) is 12.9. The zero-order valence-electron chi connectivity index (χ0n) is 7.18. The molecule has 0 aliphatic rings. The van der Waals surface area contributed by atoms with E-state index in [1.165, 1.54) is 0 Å². The summed E-state index contributed by atoms with van der Waals surface area (Å²) >= 11 is 0. The summed E-state index contributed by atoms with van der Waals surface area (Å²) in [5, 5.41) is 0. The van der Waals surface area contributed by atoms with Crippen molar-refractivity contribution in [3.8, 4) is 0 Å². The molecule has 0 atom stereocenters. The second kappa shape index (κ2) is 8.72. The van der Waals surface area contributed by atoms with Crippen LogP contribution in [0.4, 0.5) is 0 Å². The van der Waals surface area contributed by atoms with Gasteiger partial charge in [0.25, 0.3) is 0 Å². The van der Waals surface area contributed by atoms with Gasteiger partial charge in [-0.3, -0.25) is 4.79 Å². The molecule has 0 aromatic rings. The molecule has 0 amide bonds. The summed E-state index contributed by atoms with van der Waals surface area (Å²) in [7, 11) is 3.84. The minimum atomic E-state index is 0. The summed E-state index contributed by atoms with van der Waals surface area (Å²) in [5.74, 6) is 0.354. The number of Topliss-reactive ketones (excluding diaryl/α,β-unsaturated/α-hetero) is 1. The van der Waals surface area contributed by atoms with Crippen LogP contribution in [0.5, 0.6) is 0 Å². The third-order valence-electron chi connectivity index (χ3n) is 1.30. The number of ketones is 1. The Morgan fingerprint density at radius 3 is 2.27 bits per heavy atom. The van der Waals surface area contributed by atoms with Crippen molar-refractivity contribution in [2.24, 2.45) is 0 Å². The van der Waals surface area contributed by atoms with Gasteiger partial charge in [0.1, 0.15) is 5.78 Å². The van der Waals surface area contributed by atoms with Crippen molar-refractivity contribution < 1.29 is 4.79 Å². The van der Waals surface area contributed by atoms with Gasteiger partial charge in [0.15, 0.2) is 0 Å². The van der Waals surface area contributed by atoms with Crippen molar-refractivity contribution in [2.75, 3.05) is 20.6 Å². The molecule has 0 aliphatic heterocycles. The van der Waals surface area contributed by atoms with Crippen molar-refractivity contribution in [3.05, 3.63) is 0 Å². The number of hydrogen-bond donors (Lipinski definition) is 0. The van der Waals surface area contributed by atoms with Crippen LogP contribution in [0.2, 0.25) is 0 Å². The third kappa shape index (κ3) is 10.6. The summed E-state index contributed by atoms with van der Waals surface area (Å²) in [6, 6.07) is 0. The third-order valence-corrected chi connectivity index (χ3v) is 1.30. The molecular formula is C8H18NNaO. The number of carbonyl (C=O) groups is 1. The van der Waals surface area contributed by atoms with E-state index < -0.39 is 0 Å². The summed E-state index contributed by atoms with van der Waals surface area (Å²) in [6.45, 7) is 2.70. The van der Waals surface area contributed by atoms with E-state index >= 15 is 0 Å². The molecule has 0 bridgehead atoms. The van der Waals surface area contributed by atoms with E-state index in [1.54, 1.807) is 0 Å². The first kappa shape index (κ1) is 14.2. The first-order valence-corrected chi connectivity index (χ1v) is 3.83. The van der Waals surface area contributed by atoms with Crippen LogP contribution in [0.25, 0.3) is 0 Å². The van der Waals surface area contributed by atoms with Crippen LogP contribution in [-0.2, 0) is 4.79 Å². The Bertz CT molecular complexity index is 104. The quantitative estimate of drug-likeness (QED) is 0.561. The van der Waals surface area contributed by atoms with E-state index in [4.69, 9.17) is 0 Å². The van der Waals surface area contributed by atoms with Gasteiger partial charge in [-0.1, -0.05) is 13.3 Å². The number of unbranched alkanes of at least 4 members (excludes halogenated alkanes) is 1. The fourth-order valence-electron chi connectivity index (χ4n) is 0.806. The molecule has 2 nitrogen and oxygen atoms in total. The molecule has 0 unspecified atom stereocenters. The van der Waals surface area contributed by atoms with Crippen molar-refractivity contribution in [1.82, 2.24) is 4.90 Å².